The molecule has 0 amide bonds. The van der Waals surface area contributed by atoms with Crippen molar-refractivity contribution >= 4 is 28.2 Å². The van der Waals surface area contributed by atoms with Crippen LogP contribution in [0.15, 0.2) is 60.9 Å². The zero-order valence-electron chi connectivity index (χ0n) is 20.5. The number of benzene rings is 2. The van der Waals surface area contributed by atoms with Gasteiger partial charge in [-0.15, -0.1) is 0 Å². The highest BCUT2D eigenvalue weighted by Crippen LogP contribution is 2.29. The number of carbonyl (C=O) groups is 1. The fraction of sp³-hybridized carbons (Fsp3) is 0.259. The molecule has 9 heteroatoms. The number of rotatable bonds is 8. The van der Waals surface area contributed by atoms with Crippen LogP contribution in [0.5, 0.6) is 5.75 Å². The van der Waals surface area contributed by atoms with Gasteiger partial charge in [0.05, 0.1) is 36.1 Å². The van der Waals surface area contributed by atoms with Crippen LogP contribution in [0.25, 0.3) is 27.8 Å². The van der Waals surface area contributed by atoms with Crippen molar-refractivity contribution in [2.24, 2.45) is 0 Å². The molecule has 0 atom stereocenters. The zero-order chi connectivity index (χ0) is 25.2. The maximum atomic E-state index is 12.0. The Hall–Kier alpha value is -4.40. The van der Waals surface area contributed by atoms with E-state index in [1.54, 1.807) is 17.6 Å². The molecule has 0 bridgehead atoms. The van der Waals surface area contributed by atoms with Crippen molar-refractivity contribution in [2.75, 3.05) is 12.3 Å². The first-order valence-corrected chi connectivity index (χ1v) is 11.9. The Morgan fingerprint density at radius 3 is 2.78 bits per heavy atom. The minimum absolute atomic E-state index is 0.154. The summed E-state index contributed by atoms with van der Waals surface area (Å²) in [5.41, 5.74) is 11.5. The standard InChI is InChI=1S/C27H28N6O3/c1-4-35-26(34)14-19-7-5-6-8-25(19)36-16-23-20-13-18(9-10-24(20)33(31-23)17(2)3)22-11-12-32-27(30-22)21(28)15-29-32/h5-13,15,17H,4,14,16,28H2,1-3H3. The van der Waals surface area contributed by atoms with Gasteiger partial charge < -0.3 is 15.2 Å². The molecule has 5 rings (SSSR count). The van der Waals surface area contributed by atoms with E-state index in [1.165, 1.54) is 0 Å². The van der Waals surface area contributed by atoms with Gasteiger partial charge in [-0.3, -0.25) is 9.48 Å². The van der Waals surface area contributed by atoms with Crippen LogP contribution in [0.4, 0.5) is 5.69 Å². The number of hydrogen-bond donors (Lipinski definition) is 1. The Kier molecular flexibility index (Phi) is 6.28. The Bertz CT molecular complexity index is 1550. The number of nitrogens with zero attached hydrogens (tertiary/aromatic N) is 5. The van der Waals surface area contributed by atoms with Crippen LogP contribution in [-0.2, 0) is 22.6 Å². The van der Waals surface area contributed by atoms with Gasteiger partial charge in [0.1, 0.15) is 18.1 Å². The number of nitrogens with two attached hydrogens (primary N) is 1. The van der Waals surface area contributed by atoms with Gasteiger partial charge in [0.15, 0.2) is 5.65 Å². The molecular formula is C27H28N6O3. The lowest BCUT2D eigenvalue weighted by Gasteiger charge is -2.10. The molecule has 0 aliphatic rings. The summed E-state index contributed by atoms with van der Waals surface area (Å²) < 4.78 is 14.9. The summed E-state index contributed by atoms with van der Waals surface area (Å²) in [4.78, 5) is 16.7. The molecule has 3 heterocycles. The second-order valence-corrected chi connectivity index (χ2v) is 8.78. The molecule has 0 unspecified atom stereocenters. The minimum atomic E-state index is -0.281. The average Bonchev–Trinajstić information content (AvgIpc) is 3.43. The first kappa shape index (κ1) is 23.3. The van der Waals surface area contributed by atoms with Crippen molar-refractivity contribution in [2.45, 2.75) is 39.8 Å². The third-order valence-corrected chi connectivity index (χ3v) is 5.94. The lowest BCUT2D eigenvalue weighted by Crippen LogP contribution is -2.09. The highest BCUT2D eigenvalue weighted by molar-refractivity contribution is 5.87. The summed E-state index contributed by atoms with van der Waals surface area (Å²) in [5.74, 6) is 0.355. The lowest BCUT2D eigenvalue weighted by atomic mass is 10.1. The third kappa shape index (κ3) is 4.47. The molecule has 0 radical (unpaired) electrons. The van der Waals surface area contributed by atoms with E-state index in [4.69, 9.17) is 25.3 Å². The summed E-state index contributed by atoms with van der Waals surface area (Å²) in [6.07, 6.45) is 3.60. The van der Waals surface area contributed by atoms with Crippen LogP contribution in [-0.4, -0.2) is 37.0 Å². The second kappa shape index (κ2) is 9.69. The van der Waals surface area contributed by atoms with E-state index in [0.717, 1.165) is 33.4 Å². The maximum Gasteiger partial charge on any atom is 0.310 e. The van der Waals surface area contributed by atoms with Gasteiger partial charge in [0, 0.05) is 28.8 Å². The van der Waals surface area contributed by atoms with Crippen LogP contribution in [0.3, 0.4) is 0 Å². The molecule has 0 saturated heterocycles. The van der Waals surface area contributed by atoms with Crippen LogP contribution in [0.1, 0.15) is 38.1 Å². The highest BCUT2D eigenvalue weighted by atomic mass is 16.5. The number of anilines is 1. The van der Waals surface area contributed by atoms with Crippen LogP contribution < -0.4 is 10.5 Å². The molecule has 5 aromatic rings. The van der Waals surface area contributed by atoms with Crippen molar-refractivity contribution in [3.8, 4) is 17.0 Å². The van der Waals surface area contributed by atoms with Gasteiger partial charge in [-0.1, -0.05) is 24.3 Å². The average molecular weight is 485 g/mol. The maximum absolute atomic E-state index is 12.0. The van der Waals surface area contributed by atoms with E-state index in [1.807, 2.05) is 47.3 Å². The number of carbonyl (C=O) groups excluding carboxylic acids is 1. The molecule has 0 aliphatic carbocycles. The van der Waals surface area contributed by atoms with Crippen molar-refractivity contribution < 1.29 is 14.3 Å². The summed E-state index contributed by atoms with van der Waals surface area (Å²) in [6.45, 7) is 6.58. The fourth-order valence-corrected chi connectivity index (χ4v) is 4.22. The molecule has 0 spiro atoms. The number of esters is 1. The van der Waals surface area contributed by atoms with Crippen LogP contribution in [0.2, 0.25) is 0 Å². The van der Waals surface area contributed by atoms with Gasteiger partial charge in [0.2, 0.25) is 0 Å². The summed E-state index contributed by atoms with van der Waals surface area (Å²) in [7, 11) is 0. The predicted molar refractivity (Wildman–Crippen MR) is 138 cm³/mol. The third-order valence-electron chi connectivity index (χ3n) is 5.94. The molecule has 9 nitrogen and oxygen atoms in total. The Morgan fingerprint density at radius 2 is 1.97 bits per heavy atom. The summed E-state index contributed by atoms with van der Waals surface area (Å²) >= 11 is 0. The van der Waals surface area contributed by atoms with E-state index >= 15 is 0 Å². The van der Waals surface area contributed by atoms with Crippen molar-refractivity contribution in [3.05, 3.63) is 72.2 Å². The zero-order valence-corrected chi connectivity index (χ0v) is 20.5. The topological polar surface area (TPSA) is 110 Å². The number of nitrogen functional groups attached to an aromatic ring is 1. The van der Waals surface area contributed by atoms with Gasteiger partial charge in [0.25, 0.3) is 0 Å². The van der Waals surface area contributed by atoms with Gasteiger partial charge in [-0.2, -0.15) is 10.2 Å². The lowest BCUT2D eigenvalue weighted by molar-refractivity contribution is -0.142. The molecule has 36 heavy (non-hydrogen) atoms. The Labute approximate surface area is 208 Å². The van der Waals surface area contributed by atoms with E-state index in [9.17, 15) is 4.79 Å². The minimum Gasteiger partial charge on any atom is -0.487 e. The molecule has 3 aromatic heterocycles. The first-order chi connectivity index (χ1) is 17.4. The van der Waals surface area contributed by atoms with Crippen LogP contribution >= 0.6 is 0 Å². The summed E-state index contributed by atoms with van der Waals surface area (Å²) in [5, 5.41) is 10.0. The quantitative estimate of drug-likeness (QED) is 0.321. The van der Waals surface area contributed by atoms with Gasteiger partial charge in [-0.05, 0) is 45.0 Å². The monoisotopic (exact) mass is 484 g/mol. The molecule has 2 aromatic carbocycles. The Morgan fingerprint density at radius 1 is 1.14 bits per heavy atom. The van der Waals surface area contributed by atoms with E-state index < -0.39 is 0 Å². The number of aromatic nitrogens is 5. The van der Waals surface area contributed by atoms with E-state index in [2.05, 4.69) is 31.1 Å². The molecule has 0 fully saturated rings. The van der Waals surface area contributed by atoms with Crippen LogP contribution in [0, 0.1) is 0 Å². The second-order valence-electron chi connectivity index (χ2n) is 8.78. The fourth-order valence-electron chi connectivity index (χ4n) is 4.22. The molecule has 0 saturated carbocycles. The SMILES string of the molecule is CCOC(=O)Cc1ccccc1OCc1nn(C(C)C)c2ccc(-c3ccn4ncc(N)c4n3)cc12. The van der Waals surface area contributed by atoms with Crippen molar-refractivity contribution in [1.82, 2.24) is 24.4 Å². The number of hydrogen-bond acceptors (Lipinski definition) is 7. The van der Waals surface area contributed by atoms with Gasteiger partial charge >= 0.3 is 5.97 Å². The largest absolute Gasteiger partial charge is 0.487 e. The number of fused-ring (bicyclic) bond motifs is 2. The van der Waals surface area contributed by atoms with E-state index in [0.29, 0.717) is 23.7 Å². The first-order valence-electron chi connectivity index (χ1n) is 11.9. The smallest absolute Gasteiger partial charge is 0.310 e. The van der Waals surface area contributed by atoms with Crippen molar-refractivity contribution in [1.29, 1.82) is 0 Å². The Balaban J connectivity index is 1.49. The molecular weight excluding hydrogens is 456 g/mol. The predicted octanol–water partition coefficient (Wildman–Crippen LogP) is 4.59. The normalized spacial score (nSPS) is 11.4. The molecule has 2 N–H and O–H groups in total. The highest BCUT2D eigenvalue weighted by Gasteiger charge is 2.17. The van der Waals surface area contributed by atoms with Gasteiger partial charge in [-0.25, -0.2) is 9.50 Å². The number of para-hydroxylation sites is 1. The molecule has 184 valence electrons. The van der Waals surface area contributed by atoms with E-state index in [-0.39, 0.29) is 25.0 Å². The summed E-state index contributed by atoms with van der Waals surface area (Å²) in [6, 6.07) is 15.8. The van der Waals surface area contributed by atoms with Crippen molar-refractivity contribution in [3.63, 3.8) is 0 Å². The number of ether oxygens (including phenoxy) is 2. The molecule has 0 aliphatic heterocycles.